The van der Waals surface area contributed by atoms with Crippen LogP contribution in [0.25, 0.3) is 0 Å². The number of hydrogen-bond acceptors (Lipinski definition) is 3. The number of carbonyl (C=O) groups is 1. The fourth-order valence-electron chi connectivity index (χ4n) is 4.69. The summed E-state index contributed by atoms with van der Waals surface area (Å²) < 4.78 is 0. The molecule has 1 saturated heterocycles. The maximum atomic E-state index is 12.6. The zero-order chi connectivity index (χ0) is 14.9. The molecular weight excluding hydrogens is 264 g/mol. The van der Waals surface area contributed by atoms with Gasteiger partial charge < -0.3 is 15.7 Å². The quantitative estimate of drug-likeness (QED) is 0.819. The summed E-state index contributed by atoms with van der Waals surface area (Å²) in [7, 11) is 0. The Hall–Kier alpha value is -0.610. The number of rotatable bonds is 2. The van der Waals surface area contributed by atoms with Gasteiger partial charge in [0.05, 0.1) is 5.60 Å². The highest BCUT2D eigenvalue weighted by Crippen LogP contribution is 2.40. The molecule has 3 fully saturated rings. The summed E-state index contributed by atoms with van der Waals surface area (Å²) in [4.78, 5) is 14.6. The van der Waals surface area contributed by atoms with Gasteiger partial charge in [0.1, 0.15) is 0 Å². The molecule has 4 unspecified atom stereocenters. The van der Waals surface area contributed by atoms with Crippen LogP contribution in [0, 0.1) is 11.8 Å². The highest BCUT2D eigenvalue weighted by atomic mass is 16.3. The summed E-state index contributed by atoms with van der Waals surface area (Å²) in [6, 6.07) is 0.293. The van der Waals surface area contributed by atoms with E-state index in [1.165, 1.54) is 12.8 Å². The van der Waals surface area contributed by atoms with E-state index in [1.54, 1.807) is 0 Å². The first-order valence-corrected chi connectivity index (χ1v) is 8.82. The van der Waals surface area contributed by atoms with Crippen LogP contribution in [0.1, 0.15) is 64.2 Å². The number of nitrogens with two attached hydrogens (primary N) is 1. The molecule has 0 aromatic carbocycles. The Labute approximate surface area is 128 Å². The van der Waals surface area contributed by atoms with E-state index in [-0.39, 0.29) is 0 Å². The number of fused-ring (bicyclic) bond motifs is 1. The Balaban J connectivity index is 1.54. The van der Waals surface area contributed by atoms with Gasteiger partial charge in [-0.05, 0) is 44.4 Å². The molecule has 21 heavy (non-hydrogen) atoms. The van der Waals surface area contributed by atoms with Gasteiger partial charge in [0, 0.05) is 31.5 Å². The van der Waals surface area contributed by atoms with Gasteiger partial charge in [-0.1, -0.05) is 19.3 Å². The second kappa shape index (κ2) is 6.25. The van der Waals surface area contributed by atoms with Crippen molar-refractivity contribution in [3.63, 3.8) is 0 Å². The highest BCUT2D eigenvalue weighted by molar-refractivity contribution is 5.76. The molecule has 4 nitrogen and oxygen atoms in total. The first-order chi connectivity index (χ1) is 10.1. The number of amides is 1. The van der Waals surface area contributed by atoms with Crippen molar-refractivity contribution in [2.45, 2.75) is 75.9 Å². The summed E-state index contributed by atoms with van der Waals surface area (Å²) in [6.07, 6.45) is 10.2. The zero-order valence-corrected chi connectivity index (χ0v) is 13.1. The molecule has 0 spiro atoms. The van der Waals surface area contributed by atoms with Crippen LogP contribution in [0.3, 0.4) is 0 Å². The molecule has 2 saturated carbocycles. The van der Waals surface area contributed by atoms with Gasteiger partial charge in [0.15, 0.2) is 0 Å². The molecule has 3 aliphatic rings. The molecule has 1 aliphatic heterocycles. The van der Waals surface area contributed by atoms with Gasteiger partial charge in [0.2, 0.25) is 5.91 Å². The Morgan fingerprint density at radius 3 is 2.86 bits per heavy atom. The lowest BCUT2D eigenvalue weighted by molar-refractivity contribution is -0.144. The molecule has 0 aromatic rings. The Morgan fingerprint density at radius 1 is 1.19 bits per heavy atom. The van der Waals surface area contributed by atoms with Crippen LogP contribution in [0.2, 0.25) is 0 Å². The van der Waals surface area contributed by atoms with E-state index in [2.05, 4.69) is 0 Å². The van der Waals surface area contributed by atoms with Crippen molar-refractivity contribution in [3.05, 3.63) is 0 Å². The van der Waals surface area contributed by atoms with E-state index in [9.17, 15) is 9.90 Å². The molecule has 3 N–H and O–H groups in total. The predicted octanol–water partition coefficient (Wildman–Crippen LogP) is 2.05. The van der Waals surface area contributed by atoms with E-state index in [4.69, 9.17) is 5.73 Å². The molecule has 4 heteroatoms. The average Bonchev–Trinajstić information content (AvgIpc) is 2.46. The minimum atomic E-state index is -0.484. The van der Waals surface area contributed by atoms with Gasteiger partial charge in [-0.2, -0.15) is 0 Å². The van der Waals surface area contributed by atoms with Crippen LogP contribution in [0.15, 0.2) is 0 Å². The van der Waals surface area contributed by atoms with E-state index in [0.717, 1.165) is 58.0 Å². The zero-order valence-electron chi connectivity index (χ0n) is 13.1. The number of aliphatic hydroxyl groups is 1. The summed E-state index contributed by atoms with van der Waals surface area (Å²) >= 11 is 0. The van der Waals surface area contributed by atoms with Crippen LogP contribution in [0.4, 0.5) is 0 Å². The molecular formula is C17H30N2O2. The summed E-state index contributed by atoms with van der Waals surface area (Å²) in [5.74, 6) is 1.08. The number of nitrogens with zero attached hydrogens (tertiary/aromatic N) is 1. The lowest BCUT2D eigenvalue weighted by Crippen LogP contribution is -2.54. The summed E-state index contributed by atoms with van der Waals surface area (Å²) in [5.41, 5.74) is 5.54. The fourth-order valence-corrected chi connectivity index (χ4v) is 4.69. The largest absolute Gasteiger partial charge is 0.389 e. The maximum Gasteiger partial charge on any atom is 0.222 e. The molecule has 0 bridgehead atoms. The molecule has 1 amide bonds. The van der Waals surface area contributed by atoms with Gasteiger partial charge >= 0.3 is 0 Å². The van der Waals surface area contributed by atoms with Gasteiger partial charge in [-0.15, -0.1) is 0 Å². The Kier molecular flexibility index (Phi) is 4.55. The van der Waals surface area contributed by atoms with Crippen LogP contribution in [-0.4, -0.2) is 40.6 Å². The standard InChI is InChI=1S/C17H30N2O2/c18-15-6-3-4-13(10-15)11-16(20)19-9-8-17(21)7-2-1-5-14(17)12-19/h13-15,21H,1-12,18H2. The van der Waals surface area contributed by atoms with Crippen molar-refractivity contribution in [2.24, 2.45) is 17.6 Å². The predicted molar refractivity (Wildman–Crippen MR) is 82.7 cm³/mol. The van der Waals surface area contributed by atoms with Crippen LogP contribution in [0.5, 0.6) is 0 Å². The minimum Gasteiger partial charge on any atom is -0.389 e. The third-order valence-electron chi connectivity index (χ3n) is 6.07. The normalized spacial score (nSPS) is 40.7. The minimum absolute atomic E-state index is 0.293. The van der Waals surface area contributed by atoms with Crippen molar-refractivity contribution in [1.29, 1.82) is 0 Å². The Morgan fingerprint density at radius 2 is 2.05 bits per heavy atom. The van der Waals surface area contributed by atoms with Gasteiger partial charge in [-0.25, -0.2) is 0 Å². The van der Waals surface area contributed by atoms with E-state index in [1.807, 2.05) is 4.90 Å². The van der Waals surface area contributed by atoms with Crippen molar-refractivity contribution >= 4 is 5.91 Å². The van der Waals surface area contributed by atoms with Crippen molar-refractivity contribution in [3.8, 4) is 0 Å². The van der Waals surface area contributed by atoms with Crippen molar-refractivity contribution in [2.75, 3.05) is 13.1 Å². The van der Waals surface area contributed by atoms with Crippen molar-refractivity contribution < 1.29 is 9.90 Å². The highest BCUT2D eigenvalue weighted by Gasteiger charge is 2.43. The molecule has 120 valence electrons. The monoisotopic (exact) mass is 294 g/mol. The van der Waals surface area contributed by atoms with Gasteiger partial charge in [-0.3, -0.25) is 4.79 Å². The van der Waals surface area contributed by atoms with E-state index >= 15 is 0 Å². The smallest absolute Gasteiger partial charge is 0.222 e. The van der Waals surface area contributed by atoms with E-state index < -0.39 is 5.60 Å². The molecule has 3 rings (SSSR count). The molecule has 0 radical (unpaired) electrons. The topological polar surface area (TPSA) is 66.6 Å². The first kappa shape index (κ1) is 15.3. The van der Waals surface area contributed by atoms with Crippen LogP contribution < -0.4 is 5.73 Å². The van der Waals surface area contributed by atoms with Gasteiger partial charge in [0.25, 0.3) is 0 Å². The second-order valence-electron chi connectivity index (χ2n) is 7.63. The van der Waals surface area contributed by atoms with Crippen LogP contribution in [-0.2, 0) is 4.79 Å². The SMILES string of the molecule is NC1CCCC(CC(=O)N2CCC3(O)CCCCC3C2)C1. The summed E-state index contributed by atoms with van der Waals surface area (Å²) in [6.45, 7) is 1.51. The molecule has 4 atom stereocenters. The lowest BCUT2D eigenvalue weighted by Gasteiger charge is -2.47. The fraction of sp³-hybridized carbons (Fsp3) is 0.941. The maximum absolute atomic E-state index is 12.6. The summed E-state index contributed by atoms with van der Waals surface area (Å²) in [5, 5.41) is 10.7. The Bertz CT molecular complexity index is 387. The molecule has 1 heterocycles. The van der Waals surface area contributed by atoms with Crippen LogP contribution >= 0.6 is 0 Å². The third kappa shape index (κ3) is 3.42. The molecule has 0 aromatic heterocycles. The number of hydrogen-bond donors (Lipinski definition) is 2. The molecule has 2 aliphatic carbocycles. The first-order valence-electron chi connectivity index (χ1n) is 8.82. The van der Waals surface area contributed by atoms with E-state index in [0.29, 0.717) is 30.2 Å². The number of carbonyl (C=O) groups excluding carboxylic acids is 1. The third-order valence-corrected chi connectivity index (χ3v) is 6.07. The number of piperidine rings is 1. The second-order valence-corrected chi connectivity index (χ2v) is 7.63. The lowest BCUT2D eigenvalue weighted by atomic mass is 9.71. The van der Waals surface area contributed by atoms with Crippen molar-refractivity contribution in [1.82, 2.24) is 4.90 Å². The average molecular weight is 294 g/mol. The number of likely N-dealkylation sites (tertiary alicyclic amines) is 1.